The third-order valence-electron chi connectivity index (χ3n) is 4.04. The van der Waals surface area contributed by atoms with Gasteiger partial charge in [-0.25, -0.2) is 4.39 Å². The molecule has 2 aromatic carbocycles. The van der Waals surface area contributed by atoms with Gasteiger partial charge in [0.2, 0.25) is 0 Å². The largest absolute Gasteiger partial charge is 0.319 e. The molecule has 27 heavy (non-hydrogen) atoms. The van der Waals surface area contributed by atoms with Crippen LogP contribution in [0.15, 0.2) is 53.5 Å². The van der Waals surface area contributed by atoms with Gasteiger partial charge >= 0.3 is 0 Å². The highest BCUT2D eigenvalue weighted by Crippen LogP contribution is 2.26. The summed E-state index contributed by atoms with van der Waals surface area (Å²) in [6.45, 7) is 1.99. The lowest BCUT2D eigenvalue weighted by molar-refractivity contribution is -0.384. The second-order valence-electron chi connectivity index (χ2n) is 5.80. The van der Waals surface area contributed by atoms with Crippen molar-refractivity contribution in [3.63, 3.8) is 0 Å². The van der Waals surface area contributed by atoms with Crippen LogP contribution >= 0.6 is 11.3 Å². The third kappa shape index (κ3) is 3.85. The Hall–Kier alpha value is -3.13. The van der Waals surface area contributed by atoms with E-state index in [1.807, 2.05) is 6.92 Å². The Morgan fingerprint density at radius 1 is 1.26 bits per heavy atom. The van der Waals surface area contributed by atoms with E-state index in [-0.39, 0.29) is 17.1 Å². The van der Waals surface area contributed by atoms with Gasteiger partial charge in [0.15, 0.2) is 4.80 Å². The lowest BCUT2D eigenvalue weighted by Crippen LogP contribution is -2.14. The van der Waals surface area contributed by atoms with E-state index in [0.29, 0.717) is 4.80 Å². The first-order valence-electron chi connectivity index (χ1n) is 8.19. The number of carbonyl (C=O) groups is 1. The minimum absolute atomic E-state index is 0.152. The fourth-order valence-electron chi connectivity index (χ4n) is 2.71. The number of thiazole rings is 1. The number of hydrogen-bond acceptors (Lipinski definition) is 4. The molecule has 138 valence electrons. The summed E-state index contributed by atoms with van der Waals surface area (Å²) in [6, 6.07) is 11.6. The van der Waals surface area contributed by atoms with Crippen LogP contribution in [0.1, 0.15) is 22.2 Å². The maximum atomic E-state index is 13.2. The topological polar surface area (TPSA) is 77.5 Å². The van der Waals surface area contributed by atoms with Gasteiger partial charge in [-0.15, -0.1) is 11.3 Å². The quantitative estimate of drug-likeness (QED) is 0.501. The molecule has 3 rings (SSSR count). The number of hydrogen-bond donors (Lipinski definition) is 0. The average Bonchev–Trinajstić information content (AvgIpc) is 2.98. The SMILES string of the molecule is CCc1sc(=NC(=O)c2cccc([N+](=O)[O-])c2)n(C)c1-c1ccc(F)cc1. The van der Waals surface area contributed by atoms with Crippen molar-refractivity contribution in [3.05, 3.63) is 79.7 Å². The predicted octanol–water partition coefficient (Wildman–Crippen LogP) is 4.10. The number of aromatic nitrogens is 1. The Morgan fingerprint density at radius 2 is 1.96 bits per heavy atom. The van der Waals surface area contributed by atoms with Crippen molar-refractivity contribution in [2.75, 3.05) is 0 Å². The Balaban J connectivity index is 2.07. The number of benzene rings is 2. The van der Waals surface area contributed by atoms with Gasteiger partial charge in [0.1, 0.15) is 5.82 Å². The van der Waals surface area contributed by atoms with E-state index in [1.54, 1.807) is 23.7 Å². The Morgan fingerprint density at radius 3 is 2.59 bits per heavy atom. The van der Waals surface area contributed by atoms with Crippen LogP contribution in [0.5, 0.6) is 0 Å². The number of halogens is 1. The summed E-state index contributed by atoms with van der Waals surface area (Å²) in [5, 5.41) is 10.9. The predicted molar refractivity (Wildman–Crippen MR) is 101 cm³/mol. The molecule has 1 heterocycles. The lowest BCUT2D eigenvalue weighted by atomic mass is 10.1. The number of aryl methyl sites for hydroxylation is 1. The van der Waals surface area contributed by atoms with Crippen LogP contribution < -0.4 is 4.80 Å². The molecule has 1 amide bonds. The second-order valence-corrected chi connectivity index (χ2v) is 6.86. The number of amides is 1. The highest BCUT2D eigenvalue weighted by Gasteiger charge is 2.15. The first-order valence-corrected chi connectivity index (χ1v) is 9.00. The summed E-state index contributed by atoms with van der Waals surface area (Å²) in [5.74, 6) is -0.871. The monoisotopic (exact) mass is 385 g/mol. The van der Waals surface area contributed by atoms with E-state index < -0.39 is 10.8 Å². The van der Waals surface area contributed by atoms with Crippen LogP contribution in [0.3, 0.4) is 0 Å². The summed E-state index contributed by atoms with van der Waals surface area (Å²) in [6.07, 6.45) is 0.728. The molecule has 0 atom stereocenters. The number of non-ortho nitro benzene ring substituents is 1. The van der Waals surface area contributed by atoms with Gasteiger partial charge in [-0.2, -0.15) is 4.99 Å². The molecule has 0 unspecified atom stereocenters. The molecule has 0 aliphatic rings. The van der Waals surface area contributed by atoms with Gasteiger partial charge < -0.3 is 4.57 Å². The zero-order valence-electron chi connectivity index (χ0n) is 14.7. The van der Waals surface area contributed by atoms with Crippen molar-refractivity contribution < 1.29 is 14.1 Å². The van der Waals surface area contributed by atoms with Crippen molar-refractivity contribution in [2.45, 2.75) is 13.3 Å². The minimum atomic E-state index is -0.552. The molecule has 0 saturated carbocycles. The summed E-state index contributed by atoms with van der Waals surface area (Å²) < 4.78 is 15.0. The smallest absolute Gasteiger partial charge is 0.279 e. The molecule has 0 N–H and O–H groups in total. The lowest BCUT2D eigenvalue weighted by Gasteiger charge is -2.05. The summed E-state index contributed by atoms with van der Waals surface area (Å²) in [7, 11) is 1.79. The van der Waals surface area contributed by atoms with Crippen molar-refractivity contribution >= 4 is 22.9 Å². The van der Waals surface area contributed by atoms with Crippen molar-refractivity contribution in [3.8, 4) is 11.3 Å². The fraction of sp³-hybridized carbons (Fsp3) is 0.158. The standard InChI is InChI=1S/C19H16FN3O3S/c1-3-16-17(12-7-9-14(20)10-8-12)22(2)19(27-16)21-18(24)13-5-4-6-15(11-13)23(25)26/h4-11H,3H2,1-2H3. The molecule has 0 aliphatic heterocycles. The van der Waals surface area contributed by atoms with E-state index in [4.69, 9.17) is 0 Å². The molecular weight excluding hydrogens is 369 g/mol. The highest BCUT2D eigenvalue weighted by molar-refractivity contribution is 7.09. The molecule has 0 spiro atoms. The number of nitro benzene ring substituents is 1. The molecule has 0 aliphatic carbocycles. The van der Waals surface area contributed by atoms with Crippen molar-refractivity contribution in [1.82, 2.24) is 4.57 Å². The molecule has 0 bridgehead atoms. The maximum absolute atomic E-state index is 13.2. The van der Waals surface area contributed by atoms with Crippen LogP contribution in [-0.2, 0) is 13.5 Å². The highest BCUT2D eigenvalue weighted by atomic mass is 32.1. The summed E-state index contributed by atoms with van der Waals surface area (Å²) >= 11 is 1.37. The fourth-order valence-corrected chi connectivity index (χ4v) is 3.79. The molecule has 8 heteroatoms. The van der Waals surface area contributed by atoms with Gasteiger partial charge in [0.25, 0.3) is 11.6 Å². The van der Waals surface area contributed by atoms with Crippen molar-refractivity contribution in [1.29, 1.82) is 0 Å². The Kier molecular flexibility index (Phi) is 5.27. The molecule has 0 saturated heterocycles. The van der Waals surface area contributed by atoms with Crippen LogP contribution in [0, 0.1) is 15.9 Å². The zero-order valence-corrected chi connectivity index (χ0v) is 15.5. The molecule has 6 nitrogen and oxygen atoms in total. The van der Waals surface area contributed by atoms with Crippen LogP contribution in [0.2, 0.25) is 0 Å². The van der Waals surface area contributed by atoms with E-state index in [1.165, 1.54) is 47.7 Å². The molecular formula is C19H16FN3O3S. The van der Waals surface area contributed by atoms with Crippen LogP contribution in [0.4, 0.5) is 10.1 Å². The number of carbonyl (C=O) groups excluding carboxylic acids is 1. The average molecular weight is 385 g/mol. The van der Waals surface area contributed by atoms with Gasteiger partial charge in [-0.05, 0) is 42.3 Å². The van der Waals surface area contributed by atoms with Crippen molar-refractivity contribution in [2.24, 2.45) is 12.0 Å². The van der Waals surface area contributed by atoms with E-state index in [2.05, 4.69) is 4.99 Å². The van der Waals surface area contributed by atoms with Gasteiger partial charge in [0, 0.05) is 29.6 Å². The maximum Gasteiger partial charge on any atom is 0.279 e. The molecule has 0 radical (unpaired) electrons. The number of rotatable bonds is 4. The first kappa shape index (κ1) is 18.7. The van der Waals surface area contributed by atoms with Crippen LogP contribution in [0.25, 0.3) is 11.3 Å². The van der Waals surface area contributed by atoms with Gasteiger partial charge in [0.05, 0.1) is 10.6 Å². The van der Waals surface area contributed by atoms with E-state index >= 15 is 0 Å². The Bertz CT molecular complexity index is 1080. The first-order chi connectivity index (χ1) is 12.9. The number of nitrogens with zero attached hydrogens (tertiary/aromatic N) is 3. The van der Waals surface area contributed by atoms with Gasteiger partial charge in [-0.3, -0.25) is 14.9 Å². The molecule has 0 fully saturated rings. The summed E-state index contributed by atoms with van der Waals surface area (Å²) in [5.41, 5.74) is 1.69. The minimum Gasteiger partial charge on any atom is -0.319 e. The third-order valence-corrected chi connectivity index (χ3v) is 5.32. The summed E-state index contributed by atoms with van der Waals surface area (Å²) in [4.78, 5) is 28.5. The molecule has 1 aromatic heterocycles. The molecule has 3 aromatic rings. The van der Waals surface area contributed by atoms with Gasteiger partial charge in [-0.1, -0.05) is 13.0 Å². The second kappa shape index (κ2) is 7.63. The zero-order chi connectivity index (χ0) is 19.6. The van der Waals surface area contributed by atoms with E-state index in [9.17, 15) is 19.3 Å². The van der Waals surface area contributed by atoms with E-state index in [0.717, 1.165) is 22.6 Å². The Labute approximate surface area is 158 Å². The van der Waals surface area contributed by atoms with Crippen LogP contribution in [-0.4, -0.2) is 15.4 Å². The normalized spacial score (nSPS) is 11.6. The number of nitro groups is 1.